The van der Waals surface area contributed by atoms with Crippen molar-refractivity contribution < 1.29 is 14.8 Å². The maximum Gasteiger partial charge on any atom is 0.491 e. The van der Waals surface area contributed by atoms with Gasteiger partial charge in [-0.15, -0.1) is 0 Å². The predicted octanol–water partition coefficient (Wildman–Crippen LogP) is 1.85. The van der Waals surface area contributed by atoms with Gasteiger partial charge in [-0.1, -0.05) is 66.7 Å². The average molecular weight is 311 g/mol. The fraction of sp³-hybridized carbons (Fsp3) is 0.222. The minimum atomic E-state index is -1.01. The SMILES string of the molecule is OCCNCCOB(O)/C(=C/c1ccccc1)c1ccccc1. The Bertz CT molecular complexity index is 590. The van der Waals surface area contributed by atoms with Crippen LogP contribution in [0.25, 0.3) is 11.5 Å². The fourth-order valence-electron chi connectivity index (χ4n) is 2.19. The van der Waals surface area contributed by atoms with Gasteiger partial charge in [0.05, 0.1) is 6.61 Å². The van der Waals surface area contributed by atoms with Crippen molar-refractivity contribution in [3.8, 4) is 0 Å². The smallest absolute Gasteiger partial charge is 0.423 e. The van der Waals surface area contributed by atoms with E-state index < -0.39 is 7.12 Å². The first-order valence-electron chi connectivity index (χ1n) is 7.74. The largest absolute Gasteiger partial charge is 0.491 e. The van der Waals surface area contributed by atoms with Gasteiger partial charge in [-0.25, -0.2) is 0 Å². The van der Waals surface area contributed by atoms with Crippen LogP contribution in [-0.2, 0) is 4.65 Å². The van der Waals surface area contributed by atoms with Crippen molar-refractivity contribution in [3.05, 3.63) is 71.8 Å². The Kier molecular flexibility index (Phi) is 7.56. The molecule has 0 atom stereocenters. The van der Waals surface area contributed by atoms with Crippen LogP contribution in [0.2, 0.25) is 0 Å². The van der Waals surface area contributed by atoms with Gasteiger partial charge in [-0.05, 0) is 16.6 Å². The second-order valence-corrected chi connectivity index (χ2v) is 5.07. The lowest BCUT2D eigenvalue weighted by Crippen LogP contribution is -2.28. The normalized spacial score (nSPS) is 11.5. The van der Waals surface area contributed by atoms with Crippen molar-refractivity contribution in [2.75, 3.05) is 26.3 Å². The molecule has 0 bridgehead atoms. The van der Waals surface area contributed by atoms with E-state index in [0.717, 1.165) is 16.6 Å². The topological polar surface area (TPSA) is 61.7 Å². The van der Waals surface area contributed by atoms with Crippen molar-refractivity contribution in [2.24, 2.45) is 0 Å². The van der Waals surface area contributed by atoms with Gasteiger partial charge >= 0.3 is 7.12 Å². The molecular formula is C18H22BNO3. The Labute approximate surface area is 137 Å². The highest BCUT2D eigenvalue weighted by molar-refractivity contribution is 6.68. The third-order valence-electron chi connectivity index (χ3n) is 3.34. The van der Waals surface area contributed by atoms with Gasteiger partial charge in [0.2, 0.25) is 0 Å². The number of hydrogen-bond acceptors (Lipinski definition) is 4. The molecule has 0 fully saturated rings. The van der Waals surface area contributed by atoms with E-state index in [1.165, 1.54) is 0 Å². The summed E-state index contributed by atoms with van der Waals surface area (Å²) < 4.78 is 5.52. The van der Waals surface area contributed by atoms with Gasteiger partial charge in [-0.2, -0.15) is 0 Å². The highest BCUT2D eigenvalue weighted by Gasteiger charge is 2.21. The molecule has 4 nitrogen and oxygen atoms in total. The maximum absolute atomic E-state index is 10.4. The van der Waals surface area contributed by atoms with E-state index in [-0.39, 0.29) is 6.61 Å². The standard InChI is InChI=1S/C18H22BNO3/c21-13-11-20-12-14-23-19(22)18(17-9-5-2-6-10-17)15-16-7-3-1-4-8-16/h1-10,15,20-22H,11-14H2/b18-15+. The lowest BCUT2D eigenvalue weighted by Gasteiger charge is -2.13. The molecule has 0 saturated carbocycles. The molecule has 0 spiro atoms. The third-order valence-corrected chi connectivity index (χ3v) is 3.34. The van der Waals surface area contributed by atoms with Crippen molar-refractivity contribution in [1.82, 2.24) is 5.32 Å². The van der Waals surface area contributed by atoms with Crippen LogP contribution in [0.1, 0.15) is 11.1 Å². The summed E-state index contributed by atoms with van der Waals surface area (Å²) in [6.07, 6.45) is 1.93. The number of hydrogen-bond donors (Lipinski definition) is 3. The van der Waals surface area contributed by atoms with Crippen LogP contribution in [0.3, 0.4) is 0 Å². The second-order valence-electron chi connectivity index (χ2n) is 5.07. The zero-order valence-electron chi connectivity index (χ0n) is 13.1. The lowest BCUT2D eigenvalue weighted by atomic mass is 9.73. The van der Waals surface area contributed by atoms with Crippen molar-refractivity contribution in [2.45, 2.75) is 0 Å². The van der Waals surface area contributed by atoms with E-state index in [2.05, 4.69) is 5.32 Å². The summed E-state index contributed by atoms with van der Waals surface area (Å²) in [5, 5.41) is 22.1. The molecule has 0 heterocycles. The van der Waals surface area contributed by atoms with E-state index >= 15 is 0 Å². The molecule has 23 heavy (non-hydrogen) atoms. The minimum Gasteiger partial charge on any atom is -0.423 e. The first-order valence-corrected chi connectivity index (χ1v) is 7.74. The first-order chi connectivity index (χ1) is 11.3. The van der Waals surface area contributed by atoms with E-state index in [4.69, 9.17) is 9.76 Å². The Balaban J connectivity index is 2.09. The number of aliphatic hydroxyl groups is 1. The summed E-state index contributed by atoms with van der Waals surface area (Å²) >= 11 is 0. The molecule has 0 aliphatic carbocycles. The zero-order chi connectivity index (χ0) is 16.3. The van der Waals surface area contributed by atoms with E-state index in [9.17, 15) is 5.02 Å². The molecule has 0 aromatic heterocycles. The summed E-state index contributed by atoms with van der Waals surface area (Å²) in [5.41, 5.74) is 2.65. The first kappa shape index (κ1) is 17.4. The molecule has 0 amide bonds. The quantitative estimate of drug-likeness (QED) is 0.376. The molecule has 2 aromatic carbocycles. The Morgan fingerprint density at radius 3 is 2.30 bits per heavy atom. The van der Waals surface area contributed by atoms with Gasteiger partial charge in [0.25, 0.3) is 0 Å². The van der Waals surface area contributed by atoms with Crippen LogP contribution in [0, 0.1) is 0 Å². The molecule has 120 valence electrons. The summed E-state index contributed by atoms with van der Waals surface area (Å²) in [6.45, 7) is 1.54. The summed E-state index contributed by atoms with van der Waals surface area (Å²) in [5.74, 6) is 0. The molecule has 0 unspecified atom stereocenters. The third kappa shape index (κ3) is 6.00. The average Bonchev–Trinajstić information content (AvgIpc) is 2.61. The van der Waals surface area contributed by atoms with Crippen LogP contribution in [0.5, 0.6) is 0 Å². The molecule has 0 aliphatic heterocycles. The van der Waals surface area contributed by atoms with E-state index in [1.807, 2.05) is 66.7 Å². The monoisotopic (exact) mass is 311 g/mol. The van der Waals surface area contributed by atoms with Gasteiger partial charge in [-0.3, -0.25) is 0 Å². The Morgan fingerprint density at radius 2 is 1.65 bits per heavy atom. The maximum atomic E-state index is 10.4. The van der Waals surface area contributed by atoms with Crippen molar-refractivity contribution >= 4 is 18.7 Å². The highest BCUT2D eigenvalue weighted by atomic mass is 16.5. The molecule has 3 N–H and O–H groups in total. The zero-order valence-corrected chi connectivity index (χ0v) is 13.1. The van der Waals surface area contributed by atoms with Gasteiger partial charge < -0.3 is 20.1 Å². The number of aliphatic hydroxyl groups excluding tert-OH is 1. The summed E-state index contributed by atoms with van der Waals surface area (Å²) in [6, 6.07) is 19.6. The Hall–Kier alpha value is -1.92. The van der Waals surface area contributed by atoms with Crippen LogP contribution in [-0.4, -0.2) is 43.6 Å². The van der Waals surface area contributed by atoms with E-state index in [0.29, 0.717) is 19.7 Å². The fourth-order valence-corrected chi connectivity index (χ4v) is 2.19. The minimum absolute atomic E-state index is 0.0890. The van der Waals surface area contributed by atoms with Gasteiger partial charge in [0, 0.05) is 19.7 Å². The van der Waals surface area contributed by atoms with Gasteiger partial charge in [0.15, 0.2) is 0 Å². The molecule has 2 rings (SSSR count). The van der Waals surface area contributed by atoms with Crippen LogP contribution in [0.15, 0.2) is 60.7 Å². The molecule has 0 aliphatic rings. The van der Waals surface area contributed by atoms with Crippen LogP contribution in [0.4, 0.5) is 0 Å². The molecule has 0 radical (unpaired) electrons. The number of benzene rings is 2. The summed E-state index contributed by atoms with van der Waals surface area (Å²) in [4.78, 5) is 0. The molecular weight excluding hydrogens is 289 g/mol. The highest BCUT2D eigenvalue weighted by Crippen LogP contribution is 2.20. The van der Waals surface area contributed by atoms with Crippen LogP contribution >= 0.6 is 0 Å². The van der Waals surface area contributed by atoms with E-state index in [1.54, 1.807) is 0 Å². The molecule has 2 aromatic rings. The van der Waals surface area contributed by atoms with Crippen molar-refractivity contribution in [3.63, 3.8) is 0 Å². The lowest BCUT2D eigenvalue weighted by molar-refractivity contribution is 0.256. The Morgan fingerprint density at radius 1 is 1.00 bits per heavy atom. The van der Waals surface area contributed by atoms with Crippen molar-refractivity contribution in [1.29, 1.82) is 0 Å². The van der Waals surface area contributed by atoms with Gasteiger partial charge in [0.1, 0.15) is 0 Å². The molecule has 5 heteroatoms. The van der Waals surface area contributed by atoms with Crippen LogP contribution < -0.4 is 5.32 Å². The molecule has 0 saturated heterocycles. The predicted molar refractivity (Wildman–Crippen MR) is 94.6 cm³/mol. The number of nitrogens with one attached hydrogen (secondary N) is 1. The number of rotatable bonds is 9. The second kappa shape index (κ2) is 9.97. The summed E-state index contributed by atoms with van der Waals surface area (Å²) in [7, 11) is -1.01.